The van der Waals surface area contributed by atoms with Gasteiger partial charge in [0.2, 0.25) is 11.3 Å². The molecule has 1 atom stereocenters. The van der Waals surface area contributed by atoms with Crippen molar-refractivity contribution in [3.63, 3.8) is 0 Å². The molecule has 0 aliphatic carbocycles. The Balaban J connectivity index is 1.61. The number of ether oxygens (including phenoxy) is 1. The van der Waals surface area contributed by atoms with Crippen LogP contribution in [0, 0.1) is 5.82 Å². The second-order valence-electron chi connectivity index (χ2n) is 8.12. The Bertz CT molecular complexity index is 1520. The number of nitrogens with zero attached hydrogens (tertiary/aromatic N) is 4. The number of carbonyl (C=O) groups is 1. The Labute approximate surface area is 197 Å². The average Bonchev–Trinajstić information content (AvgIpc) is 3.32. The molecule has 1 fully saturated rings. The minimum absolute atomic E-state index is 0.111. The minimum Gasteiger partial charge on any atom is -0.477 e. The van der Waals surface area contributed by atoms with Gasteiger partial charge in [-0.05, 0) is 37.1 Å². The van der Waals surface area contributed by atoms with E-state index < -0.39 is 28.3 Å². The van der Waals surface area contributed by atoms with Crippen molar-refractivity contribution in [3.05, 3.63) is 86.8 Å². The number of anilines is 1. The lowest BCUT2D eigenvalue weighted by atomic mass is 10.1. The van der Waals surface area contributed by atoms with Crippen molar-refractivity contribution >= 4 is 22.6 Å². The highest BCUT2D eigenvalue weighted by atomic mass is 19.1. The molecule has 1 unspecified atom stereocenters. The maximum Gasteiger partial charge on any atom is 0.341 e. The summed E-state index contributed by atoms with van der Waals surface area (Å²) in [6, 6.07) is 10.4. The monoisotopic (exact) mass is 477 g/mol. The molecular weight excluding hydrogens is 457 g/mol. The molecule has 178 valence electrons. The number of carboxylic acids is 1. The number of halogens is 1. The van der Waals surface area contributed by atoms with Gasteiger partial charge in [0.15, 0.2) is 5.82 Å². The van der Waals surface area contributed by atoms with E-state index in [0.717, 1.165) is 25.1 Å². The number of nitrogens with one attached hydrogen (secondary N) is 1. The van der Waals surface area contributed by atoms with Gasteiger partial charge in [-0.3, -0.25) is 14.2 Å². The van der Waals surface area contributed by atoms with Crippen LogP contribution in [0.4, 0.5) is 10.1 Å². The lowest BCUT2D eigenvalue weighted by molar-refractivity contribution is 0.0695. The number of benzene rings is 1. The molecule has 0 spiro atoms. The quantitative estimate of drug-likeness (QED) is 0.433. The first-order valence-electron chi connectivity index (χ1n) is 10.9. The SMILES string of the molecule is O=C(O)c1cn(-c2ccc(=O)[nH]n2)c2cc(N3CCCC3COc3ccccn3)c(F)cc2c1=O. The highest BCUT2D eigenvalue weighted by Crippen LogP contribution is 2.32. The Kier molecular flexibility index (Phi) is 5.73. The van der Waals surface area contributed by atoms with E-state index in [1.165, 1.54) is 22.8 Å². The number of aromatic amines is 1. The van der Waals surface area contributed by atoms with Crippen molar-refractivity contribution in [3.8, 4) is 11.7 Å². The third-order valence-electron chi connectivity index (χ3n) is 5.96. The third-order valence-corrected chi connectivity index (χ3v) is 5.96. The van der Waals surface area contributed by atoms with Gasteiger partial charge in [0.1, 0.15) is 18.0 Å². The molecule has 1 aromatic carbocycles. The molecule has 0 bridgehead atoms. The molecule has 0 radical (unpaired) electrons. The molecule has 0 saturated carbocycles. The fraction of sp³-hybridized carbons (Fsp3) is 0.208. The van der Waals surface area contributed by atoms with E-state index in [1.54, 1.807) is 18.3 Å². The predicted octanol–water partition coefficient (Wildman–Crippen LogP) is 2.35. The average molecular weight is 477 g/mol. The summed E-state index contributed by atoms with van der Waals surface area (Å²) in [5.74, 6) is -1.46. The third kappa shape index (κ3) is 4.23. The summed E-state index contributed by atoms with van der Waals surface area (Å²) < 4.78 is 22.5. The van der Waals surface area contributed by atoms with Crippen LogP contribution < -0.4 is 20.6 Å². The van der Waals surface area contributed by atoms with Crippen molar-refractivity contribution in [1.82, 2.24) is 19.7 Å². The Morgan fingerprint density at radius 2 is 2.09 bits per heavy atom. The van der Waals surface area contributed by atoms with E-state index in [0.29, 0.717) is 19.0 Å². The van der Waals surface area contributed by atoms with Gasteiger partial charge in [-0.15, -0.1) is 0 Å². The van der Waals surface area contributed by atoms with Crippen molar-refractivity contribution < 1.29 is 19.0 Å². The summed E-state index contributed by atoms with van der Waals surface area (Å²) in [6.45, 7) is 0.869. The molecule has 35 heavy (non-hydrogen) atoms. The van der Waals surface area contributed by atoms with E-state index in [4.69, 9.17) is 4.74 Å². The molecule has 4 heterocycles. The van der Waals surface area contributed by atoms with Gasteiger partial charge in [-0.2, -0.15) is 5.10 Å². The van der Waals surface area contributed by atoms with Gasteiger partial charge < -0.3 is 14.7 Å². The van der Waals surface area contributed by atoms with Gasteiger partial charge in [0.05, 0.1) is 22.6 Å². The second-order valence-corrected chi connectivity index (χ2v) is 8.12. The summed E-state index contributed by atoms with van der Waals surface area (Å²) in [6.07, 6.45) is 4.34. The lowest BCUT2D eigenvalue weighted by Crippen LogP contribution is -2.35. The van der Waals surface area contributed by atoms with Gasteiger partial charge in [-0.25, -0.2) is 19.3 Å². The minimum atomic E-state index is -1.45. The van der Waals surface area contributed by atoms with Crippen molar-refractivity contribution in [2.24, 2.45) is 0 Å². The Morgan fingerprint density at radius 1 is 1.23 bits per heavy atom. The molecule has 3 aromatic heterocycles. The number of rotatable bonds is 6. The van der Waals surface area contributed by atoms with Crippen LogP contribution >= 0.6 is 0 Å². The van der Waals surface area contributed by atoms with Crippen LogP contribution in [0.3, 0.4) is 0 Å². The normalized spacial score (nSPS) is 15.5. The molecule has 2 N–H and O–H groups in total. The van der Waals surface area contributed by atoms with Gasteiger partial charge in [-0.1, -0.05) is 6.07 Å². The van der Waals surface area contributed by atoms with Gasteiger partial charge in [0.25, 0.3) is 5.56 Å². The summed E-state index contributed by atoms with van der Waals surface area (Å²) in [7, 11) is 0. The van der Waals surface area contributed by atoms with E-state index >= 15 is 4.39 Å². The van der Waals surface area contributed by atoms with E-state index in [1.807, 2.05) is 11.0 Å². The maximum atomic E-state index is 15.4. The first-order chi connectivity index (χ1) is 16.9. The number of carboxylic acid groups (broad SMARTS) is 1. The van der Waals surface area contributed by atoms with Crippen LogP contribution in [0.25, 0.3) is 16.7 Å². The van der Waals surface area contributed by atoms with Crippen molar-refractivity contribution in [1.29, 1.82) is 0 Å². The molecule has 1 aliphatic rings. The van der Waals surface area contributed by atoms with Gasteiger partial charge in [0, 0.05) is 31.1 Å². The highest BCUT2D eigenvalue weighted by molar-refractivity contribution is 5.94. The fourth-order valence-electron chi connectivity index (χ4n) is 4.31. The topological polar surface area (TPSA) is 130 Å². The molecule has 0 amide bonds. The number of hydrogen-bond donors (Lipinski definition) is 2. The molecule has 5 rings (SSSR count). The Morgan fingerprint density at radius 3 is 2.80 bits per heavy atom. The number of aromatic carboxylic acids is 1. The van der Waals surface area contributed by atoms with E-state index in [9.17, 15) is 19.5 Å². The van der Waals surface area contributed by atoms with Crippen LogP contribution in [-0.4, -0.2) is 50.0 Å². The lowest BCUT2D eigenvalue weighted by Gasteiger charge is -2.27. The van der Waals surface area contributed by atoms with Crippen LogP contribution in [-0.2, 0) is 0 Å². The Hall–Kier alpha value is -4.54. The van der Waals surface area contributed by atoms with Crippen molar-refractivity contribution in [2.45, 2.75) is 18.9 Å². The summed E-state index contributed by atoms with van der Waals surface area (Å²) in [5, 5.41) is 15.6. The molecule has 4 aromatic rings. The van der Waals surface area contributed by atoms with Gasteiger partial charge >= 0.3 is 5.97 Å². The van der Waals surface area contributed by atoms with Crippen LogP contribution in [0.2, 0.25) is 0 Å². The summed E-state index contributed by atoms with van der Waals surface area (Å²) in [4.78, 5) is 42.0. The second kappa shape index (κ2) is 9.01. The fourth-order valence-corrected chi connectivity index (χ4v) is 4.31. The smallest absolute Gasteiger partial charge is 0.341 e. The van der Waals surface area contributed by atoms with Crippen LogP contribution in [0.5, 0.6) is 5.88 Å². The number of aromatic nitrogens is 4. The van der Waals surface area contributed by atoms with E-state index in [-0.39, 0.29) is 28.5 Å². The van der Waals surface area contributed by atoms with Crippen LogP contribution in [0.1, 0.15) is 23.2 Å². The maximum absolute atomic E-state index is 15.4. The first kappa shape index (κ1) is 22.3. The zero-order chi connectivity index (χ0) is 24.5. The van der Waals surface area contributed by atoms with E-state index in [2.05, 4.69) is 15.2 Å². The number of H-pyrrole nitrogens is 1. The molecule has 11 heteroatoms. The largest absolute Gasteiger partial charge is 0.477 e. The molecule has 10 nitrogen and oxygen atoms in total. The highest BCUT2D eigenvalue weighted by Gasteiger charge is 2.29. The zero-order valence-corrected chi connectivity index (χ0v) is 18.3. The molecule has 1 saturated heterocycles. The predicted molar refractivity (Wildman–Crippen MR) is 125 cm³/mol. The zero-order valence-electron chi connectivity index (χ0n) is 18.3. The molecule has 1 aliphatic heterocycles. The number of pyridine rings is 2. The summed E-state index contributed by atoms with van der Waals surface area (Å²) >= 11 is 0. The first-order valence-corrected chi connectivity index (χ1v) is 10.9. The van der Waals surface area contributed by atoms with Crippen LogP contribution in [0.15, 0.2) is 64.4 Å². The van der Waals surface area contributed by atoms with Crippen molar-refractivity contribution in [2.75, 3.05) is 18.1 Å². The summed E-state index contributed by atoms with van der Waals surface area (Å²) in [5.41, 5.74) is -1.29. The molecular formula is C24H20FN5O5. The number of fused-ring (bicyclic) bond motifs is 1. The standard InChI is InChI=1S/C24H20FN5O5/c25-17-10-15-18(30(12-16(23(15)32)24(33)34)20-6-7-21(31)28-27-20)11-19(17)29-9-3-4-14(29)13-35-22-5-1-2-8-26-22/h1-2,5-8,10-12,14H,3-4,9,13H2,(H,28,31)(H,33,34). The number of hydrogen-bond acceptors (Lipinski definition) is 7.